The Hall–Kier alpha value is -4.83. The average Bonchev–Trinajstić information content (AvgIpc) is 3.09. The number of hydrogen-bond acceptors (Lipinski definition) is 6. The molecular weight excluding hydrogens is 614 g/mol. The van der Waals surface area contributed by atoms with E-state index in [4.69, 9.17) is 9.47 Å². The molecule has 0 heterocycles. The molecule has 0 aromatic heterocycles. The van der Waals surface area contributed by atoms with Gasteiger partial charge in [-0.1, -0.05) is 85.3 Å². The second-order valence-electron chi connectivity index (χ2n) is 11.4. The normalized spacial score (nSPS) is 12.4. The zero-order valence-electron chi connectivity index (χ0n) is 27.6. The maximum atomic E-state index is 14.7. The second kappa shape index (κ2) is 16.1. The van der Waals surface area contributed by atoms with E-state index in [-0.39, 0.29) is 41.2 Å². The Morgan fingerprint density at radius 1 is 0.830 bits per heavy atom. The highest BCUT2D eigenvalue weighted by Gasteiger charge is 2.36. The fraction of sp³-hybridized carbons (Fsp3) is 0.297. The number of aryl methyl sites for hydroxylation is 1. The molecule has 4 aromatic carbocycles. The molecule has 1 N–H and O–H groups in total. The summed E-state index contributed by atoms with van der Waals surface area (Å²) in [6.07, 6.45) is 0.934. The first-order chi connectivity index (χ1) is 22.6. The van der Waals surface area contributed by atoms with Gasteiger partial charge in [-0.15, -0.1) is 0 Å². The van der Waals surface area contributed by atoms with Gasteiger partial charge in [0.15, 0.2) is 0 Å². The molecule has 9 nitrogen and oxygen atoms in total. The molecule has 0 radical (unpaired) electrons. The first-order valence-electron chi connectivity index (χ1n) is 15.6. The summed E-state index contributed by atoms with van der Waals surface area (Å²) in [6.45, 7) is 5.22. The van der Waals surface area contributed by atoms with Crippen LogP contribution in [0.4, 0.5) is 5.69 Å². The minimum Gasteiger partial charge on any atom is -0.497 e. The highest BCUT2D eigenvalue weighted by Crippen LogP contribution is 2.36. The van der Waals surface area contributed by atoms with E-state index in [0.717, 1.165) is 21.0 Å². The largest absolute Gasteiger partial charge is 0.497 e. The van der Waals surface area contributed by atoms with Crippen molar-refractivity contribution >= 4 is 27.5 Å². The van der Waals surface area contributed by atoms with Crippen molar-refractivity contribution < 1.29 is 27.5 Å². The first-order valence-corrected chi connectivity index (χ1v) is 17.0. The highest BCUT2D eigenvalue weighted by atomic mass is 32.2. The third-order valence-corrected chi connectivity index (χ3v) is 9.78. The summed E-state index contributed by atoms with van der Waals surface area (Å²) in [5.74, 6) is -0.262. The average molecular weight is 658 g/mol. The zero-order chi connectivity index (χ0) is 34.0. The number of hydrogen-bond donors (Lipinski definition) is 1. The van der Waals surface area contributed by atoms with Gasteiger partial charge in [0.2, 0.25) is 11.8 Å². The third-order valence-electron chi connectivity index (χ3n) is 8.01. The van der Waals surface area contributed by atoms with Crippen molar-refractivity contribution in [1.29, 1.82) is 0 Å². The van der Waals surface area contributed by atoms with Crippen LogP contribution in [0.2, 0.25) is 0 Å². The van der Waals surface area contributed by atoms with Crippen LogP contribution in [0.3, 0.4) is 0 Å². The van der Waals surface area contributed by atoms with Gasteiger partial charge in [-0.05, 0) is 55.7 Å². The topological polar surface area (TPSA) is 105 Å². The van der Waals surface area contributed by atoms with Crippen molar-refractivity contribution in [2.45, 2.75) is 57.1 Å². The number of amides is 2. The van der Waals surface area contributed by atoms with Gasteiger partial charge in [0.1, 0.15) is 24.1 Å². The van der Waals surface area contributed by atoms with Gasteiger partial charge in [-0.2, -0.15) is 0 Å². The Morgan fingerprint density at radius 2 is 1.45 bits per heavy atom. The molecule has 0 aliphatic carbocycles. The maximum absolute atomic E-state index is 14.7. The molecule has 0 saturated carbocycles. The van der Waals surface area contributed by atoms with Gasteiger partial charge in [0.05, 0.1) is 24.8 Å². The number of carbonyl (C=O) groups excluding carboxylic acids is 2. The minimum absolute atomic E-state index is 0.00531. The number of sulfonamides is 1. The zero-order valence-corrected chi connectivity index (χ0v) is 28.4. The van der Waals surface area contributed by atoms with Crippen molar-refractivity contribution in [2.24, 2.45) is 0 Å². The molecule has 2 atom stereocenters. The van der Waals surface area contributed by atoms with Gasteiger partial charge in [0.25, 0.3) is 10.0 Å². The SMILES string of the molecule is CCC(C)NC(=O)C(Cc1ccccc1)N(Cc1ccccc1)C(=O)CN(c1cc(OC)ccc1OC)S(=O)(=O)c1ccc(C)cc1. The number of ether oxygens (including phenoxy) is 2. The van der Waals surface area contributed by atoms with Crippen molar-refractivity contribution in [3.8, 4) is 11.5 Å². The molecule has 248 valence electrons. The lowest BCUT2D eigenvalue weighted by Gasteiger charge is -2.34. The van der Waals surface area contributed by atoms with E-state index in [0.29, 0.717) is 12.2 Å². The lowest BCUT2D eigenvalue weighted by molar-refractivity contribution is -0.140. The van der Waals surface area contributed by atoms with Gasteiger partial charge >= 0.3 is 0 Å². The molecule has 2 amide bonds. The minimum atomic E-state index is -4.31. The lowest BCUT2D eigenvalue weighted by Crippen LogP contribution is -2.54. The van der Waals surface area contributed by atoms with E-state index >= 15 is 0 Å². The number of methoxy groups -OCH3 is 2. The molecule has 0 spiro atoms. The molecule has 0 aliphatic heterocycles. The van der Waals surface area contributed by atoms with Crippen LogP contribution in [0.1, 0.15) is 37.0 Å². The van der Waals surface area contributed by atoms with Crippen LogP contribution in [0.15, 0.2) is 108 Å². The smallest absolute Gasteiger partial charge is 0.264 e. The fourth-order valence-electron chi connectivity index (χ4n) is 5.12. The van der Waals surface area contributed by atoms with Crippen LogP contribution in [0.25, 0.3) is 0 Å². The molecule has 10 heteroatoms. The van der Waals surface area contributed by atoms with Crippen molar-refractivity contribution in [1.82, 2.24) is 10.2 Å². The van der Waals surface area contributed by atoms with E-state index in [9.17, 15) is 18.0 Å². The Bertz CT molecular complexity index is 1730. The number of carbonyl (C=O) groups is 2. The van der Waals surface area contributed by atoms with Gasteiger partial charge in [-0.3, -0.25) is 13.9 Å². The highest BCUT2D eigenvalue weighted by molar-refractivity contribution is 7.92. The van der Waals surface area contributed by atoms with Gasteiger partial charge in [-0.25, -0.2) is 8.42 Å². The Morgan fingerprint density at radius 3 is 2.02 bits per heavy atom. The lowest BCUT2D eigenvalue weighted by atomic mass is 10.0. The number of nitrogens with zero attached hydrogens (tertiary/aromatic N) is 2. The molecule has 2 unspecified atom stereocenters. The van der Waals surface area contributed by atoms with E-state index < -0.39 is 28.5 Å². The van der Waals surface area contributed by atoms with Crippen LogP contribution in [0, 0.1) is 6.92 Å². The summed E-state index contributed by atoms with van der Waals surface area (Å²) < 4.78 is 40.8. The molecule has 0 bridgehead atoms. The number of rotatable bonds is 15. The molecule has 47 heavy (non-hydrogen) atoms. The molecule has 4 aromatic rings. The summed E-state index contributed by atoms with van der Waals surface area (Å²) >= 11 is 0. The second-order valence-corrected chi connectivity index (χ2v) is 13.3. The maximum Gasteiger partial charge on any atom is 0.264 e. The van der Waals surface area contributed by atoms with Crippen molar-refractivity contribution in [3.63, 3.8) is 0 Å². The predicted molar refractivity (Wildman–Crippen MR) is 184 cm³/mol. The van der Waals surface area contributed by atoms with Crippen LogP contribution in [0.5, 0.6) is 11.5 Å². The molecule has 0 fully saturated rings. The summed E-state index contributed by atoms with van der Waals surface area (Å²) in [7, 11) is -1.40. The van der Waals surface area contributed by atoms with Gasteiger partial charge < -0.3 is 19.7 Å². The Balaban J connectivity index is 1.86. The standard InChI is InChI=1S/C37H43N3O6S/c1-6-28(3)38-37(42)34(23-29-13-9-7-10-14-29)39(25-30-15-11-8-12-16-30)36(41)26-40(33-24-31(45-4)19-22-35(33)46-5)47(43,44)32-20-17-27(2)18-21-32/h7-22,24,28,34H,6,23,25-26H2,1-5H3,(H,38,42). The number of benzene rings is 4. The number of anilines is 1. The van der Waals surface area contributed by atoms with E-state index in [1.165, 1.54) is 37.3 Å². The fourth-order valence-corrected chi connectivity index (χ4v) is 6.53. The van der Waals surface area contributed by atoms with Crippen LogP contribution in [-0.4, -0.2) is 58.0 Å². The Labute approximate surface area is 278 Å². The summed E-state index contributed by atoms with van der Waals surface area (Å²) in [6, 6.07) is 28.9. The predicted octanol–water partition coefficient (Wildman–Crippen LogP) is 5.76. The molecule has 4 rings (SSSR count). The monoisotopic (exact) mass is 657 g/mol. The van der Waals surface area contributed by atoms with Crippen molar-refractivity contribution in [3.05, 3.63) is 120 Å². The third kappa shape index (κ3) is 8.92. The van der Waals surface area contributed by atoms with Crippen LogP contribution in [-0.2, 0) is 32.6 Å². The number of nitrogens with one attached hydrogen (secondary N) is 1. The van der Waals surface area contributed by atoms with E-state index in [2.05, 4.69) is 5.32 Å². The van der Waals surface area contributed by atoms with E-state index in [1.54, 1.807) is 24.3 Å². The van der Waals surface area contributed by atoms with E-state index in [1.807, 2.05) is 81.4 Å². The van der Waals surface area contributed by atoms with Crippen molar-refractivity contribution in [2.75, 3.05) is 25.1 Å². The summed E-state index contributed by atoms with van der Waals surface area (Å²) in [5, 5.41) is 3.05. The van der Waals surface area contributed by atoms with Crippen LogP contribution < -0.4 is 19.1 Å². The first kappa shape index (κ1) is 35.0. The quantitative estimate of drug-likeness (QED) is 0.174. The molecule has 0 saturated heterocycles. The summed E-state index contributed by atoms with van der Waals surface area (Å²) in [5.41, 5.74) is 2.67. The Kier molecular flexibility index (Phi) is 12.0. The summed E-state index contributed by atoms with van der Waals surface area (Å²) in [4.78, 5) is 30.1. The molecular formula is C37H43N3O6S. The van der Waals surface area contributed by atoms with Gasteiger partial charge in [0, 0.05) is 25.1 Å². The molecule has 0 aliphatic rings. The van der Waals surface area contributed by atoms with Crippen LogP contribution >= 0.6 is 0 Å².